The predicted octanol–water partition coefficient (Wildman–Crippen LogP) is 1.57. The van der Waals surface area contributed by atoms with Gasteiger partial charge in [-0.2, -0.15) is 5.10 Å². The molecule has 1 fully saturated rings. The van der Waals surface area contributed by atoms with Crippen molar-refractivity contribution in [2.45, 2.75) is 39.0 Å². The molecule has 1 N–H and O–H groups in total. The minimum absolute atomic E-state index is 0.0939. The van der Waals surface area contributed by atoms with Crippen LogP contribution in [0.25, 0.3) is 0 Å². The van der Waals surface area contributed by atoms with Gasteiger partial charge in [0.05, 0.1) is 36.5 Å². The number of aryl methyl sites for hydroxylation is 3. The maximum atomic E-state index is 6.15. The van der Waals surface area contributed by atoms with E-state index < -0.39 is 0 Å². The van der Waals surface area contributed by atoms with Gasteiger partial charge in [0.25, 0.3) is 0 Å². The number of nitrogens with zero attached hydrogens (tertiary/aromatic N) is 5. The highest BCUT2D eigenvalue weighted by Crippen LogP contribution is 2.29. The Kier molecular flexibility index (Phi) is 5.56. The lowest BCUT2D eigenvalue weighted by molar-refractivity contribution is -0.0723. The second-order valence-corrected chi connectivity index (χ2v) is 6.88. The Bertz CT molecular complexity index is 674. The van der Waals surface area contributed by atoms with Crippen LogP contribution in [0.2, 0.25) is 0 Å². The Hall–Kier alpha value is -1.70. The molecule has 2 aromatic rings. The van der Waals surface area contributed by atoms with Gasteiger partial charge in [0, 0.05) is 45.1 Å². The molecule has 1 saturated heterocycles. The number of ether oxygens (including phenoxy) is 1. The van der Waals surface area contributed by atoms with E-state index in [0.717, 1.165) is 31.9 Å². The quantitative estimate of drug-likeness (QED) is 0.860. The fourth-order valence-corrected chi connectivity index (χ4v) is 3.54. The second-order valence-electron chi connectivity index (χ2n) is 6.88. The molecule has 7 heteroatoms. The SMILES string of the molecule is CCN1CCO[C@@H](CNC(C)c2cc(C)n(C)n2)[C@@H]1c1cncn1C. The standard InChI is InChI=1S/C18H30N6O/c1-6-24-7-8-25-17(18(24)16-10-19-12-22(16)4)11-20-14(3)15-9-13(2)23(5)21-15/h9-10,12,14,17-18,20H,6-8,11H2,1-5H3/t14?,17-,18-/m0/s1. The van der Waals surface area contributed by atoms with E-state index in [0.29, 0.717) is 0 Å². The second kappa shape index (κ2) is 7.68. The molecule has 1 aliphatic rings. The molecule has 3 heterocycles. The van der Waals surface area contributed by atoms with Crippen LogP contribution >= 0.6 is 0 Å². The van der Waals surface area contributed by atoms with Crippen molar-refractivity contribution in [1.29, 1.82) is 0 Å². The number of imidazole rings is 1. The van der Waals surface area contributed by atoms with E-state index in [-0.39, 0.29) is 18.2 Å². The zero-order valence-corrected chi connectivity index (χ0v) is 15.9. The highest BCUT2D eigenvalue weighted by Gasteiger charge is 2.34. The summed E-state index contributed by atoms with van der Waals surface area (Å²) in [6.45, 7) is 9.95. The molecular formula is C18H30N6O. The largest absolute Gasteiger partial charge is 0.374 e. The first kappa shape index (κ1) is 18.1. The zero-order valence-electron chi connectivity index (χ0n) is 15.9. The van der Waals surface area contributed by atoms with Crippen LogP contribution in [0, 0.1) is 6.92 Å². The van der Waals surface area contributed by atoms with Gasteiger partial charge < -0.3 is 14.6 Å². The van der Waals surface area contributed by atoms with Crippen molar-refractivity contribution in [3.8, 4) is 0 Å². The Balaban J connectivity index is 1.71. The van der Waals surface area contributed by atoms with E-state index in [1.165, 1.54) is 11.4 Å². The third kappa shape index (κ3) is 3.78. The van der Waals surface area contributed by atoms with Gasteiger partial charge in [-0.1, -0.05) is 6.92 Å². The first-order chi connectivity index (χ1) is 12.0. The lowest BCUT2D eigenvalue weighted by Gasteiger charge is -2.41. The molecule has 7 nitrogen and oxygen atoms in total. The number of rotatable bonds is 6. The topological polar surface area (TPSA) is 60.1 Å². The molecule has 1 unspecified atom stereocenters. The van der Waals surface area contributed by atoms with E-state index >= 15 is 0 Å². The van der Waals surface area contributed by atoms with Crippen molar-refractivity contribution < 1.29 is 4.74 Å². The molecule has 1 aliphatic heterocycles. The van der Waals surface area contributed by atoms with Gasteiger partial charge in [-0.25, -0.2) is 4.98 Å². The van der Waals surface area contributed by atoms with Crippen LogP contribution in [-0.4, -0.2) is 56.6 Å². The number of morpholine rings is 1. The van der Waals surface area contributed by atoms with Crippen LogP contribution in [0.5, 0.6) is 0 Å². The fraction of sp³-hybridized carbons (Fsp3) is 0.667. The minimum Gasteiger partial charge on any atom is -0.374 e. The lowest BCUT2D eigenvalue weighted by atomic mass is 10.0. The summed E-state index contributed by atoms with van der Waals surface area (Å²) in [4.78, 5) is 6.78. The predicted molar refractivity (Wildman–Crippen MR) is 97.3 cm³/mol. The molecule has 0 bridgehead atoms. The summed E-state index contributed by atoms with van der Waals surface area (Å²) in [5.74, 6) is 0. The Morgan fingerprint density at radius 2 is 2.20 bits per heavy atom. The van der Waals surface area contributed by atoms with E-state index in [1.807, 2.05) is 24.3 Å². The molecule has 0 radical (unpaired) electrons. The van der Waals surface area contributed by atoms with Gasteiger partial charge in [-0.05, 0) is 26.5 Å². The summed E-state index contributed by atoms with van der Waals surface area (Å²) in [5.41, 5.74) is 3.44. The molecular weight excluding hydrogens is 316 g/mol. The number of nitrogens with one attached hydrogen (secondary N) is 1. The summed E-state index contributed by atoms with van der Waals surface area (Å²) < 4.78 is 10.2. The van der Waals surface area contributed by atoms with Gasteiger partial charge in [0.15, 0.2) is 0 Å². The van der Waals surface area contributed by atoms with Crippen LogP contribution < -0.4 is 5.32 Å². The van der Waals surface area contributed by atoms with Gasteiger partial charge in [-0.3, -0.25) is 9.58 Å². The van der Waals surface area contributed by atoms with E-state index in [1.54, 1.807) is 0 Å². The highest BCUT2D eigenvalue weighted by molar-refractivity contribution is 5.13. The van der Waals surface area contributed by atoms with E-state index in [4.69, 9.17) is 4.74 Å². The molecule has 2 aromatic heterocycles. The molecule has 0 spiro atoms. The number of aromatic nitrogens is 4. The number of likely N-dealkylation sites (N-methyl/N-ethyl adjacent to an activating group) is 1. The summed E-state index contributed by atoms with van der Waals surface area (Å²) in [5, 5.41) is 8.18. The summed E-state index contributed by atoms with van der Waals surface area (Å²) in [7, 11) is 4.03. The highest BCUT2D eigenvalue weighted by atomic mass is 16.5. The molecule has 138 valence electrons. The fourth-order valence-electron chi connectivity index (χ4n) is 3.54. The third-order valence-electron chi connectivity index (χ3n) is 5.22. The monoisotopic (exact) mass is 346 g/mol. The summed E-state index contributed by atoms with van der Waals surface area (Å²) in [6, 6.07) is 2.54. The van der Waals surface area contributed by atoms with Crippen molar-refractivity contribution in [1.82, 2.24) is 29.5 Å². The van der Waals surface area contributed by atoms with Crippen molar-refractivity contribution in [2.24, 2.45) is 14.1 Å². The molecule has 25 heavy (non-hydrogen) atoms. The molecule has 3 atom stereocenters. The van der Waals surface area contributed by atoms with Crippen LogP contribution in [0.4, 0.5) is 0 Å². The van der Waals surface area contributed by atoms with Crippen molar-refractivity contribution in [2.75, 3.05) is 26.2 Å². The maximum Gasteiger partial charge on any atom is 0.0946 e. The number of hydrogen-bond acceptors (Lipinski definition) is 5. The van der Waals surface area contributed by atoms with Crippen LogP contribution in [0.15, 0.2) is 18.6 Å². The molecule has 0 saturated carbocycles. The smallest absolute Gasteiger partial charge is 0.0946 e. The first-order valence-corrected chi connectivity index (χ1v) is 9.07. The Morgan fingerprint density at radius 1 is 1.40 bits per heavy atom. The number of hydrogen-bond donors (Lipinski definition) is 1. The normalized spacial score (nSPS) is 23.1. The van der Waals surface area contributed by atoms with Gasteiger partial charge in [0.2, 0.25) is 0 Å². The molecule has 0 amide bonds. The maximum absolute atomic E-state index is 6.15. The van der Waals surface area contributed by atoms with Crippen LogP contribution in [-0.2, 0) is 18.8 Å². The third-order valence-corrected chi connectivity index (χ3v) is 5.22. The minimum atomic E-state index is 0.0939. The summed E-state index contributed by atoms with van der Waals surface area (Å²) in [6.07, 6.45) is 3.92. The van der Waals surface area contributed by atoms with Crippen LogP contribution in [0.1, 0.15) is 43.0 Å². The lowest BCUT2D eigenvalue weighted by Crippen LogP contribution is -2.49. The Morgan fingerprint density at radius 3 is 2.80 bits per heavy atom. The summed E-state index contributed by atoms with van der Waals surface area (Å²) >= 11 is 0. The molecule has 3 rings (SSSR count). The van der Waals surface area contributed by atoms with E-state index in [2.05, 4.69) is 58.8 Å². The molecule has 0 aromatic carbocycles. The molecule has 0 aliphatic carbocycles. The zero-order chi connectivity index (χ0) is 18.0. The Labute approximate surface area is 150 Å². The van der Waals surface area contributed by atoms with Crippen molar-refractivity contribution >= 4 is 0 Å². The average molecular weight is 346 g/mol. The average Bonchev–Trinajstić information content (AvgIpc) is 3.18. The van der Waals surface area contributed by atoms with Crippen molar-refractivity contribution in [3.63, 3.8) is 0 Å². The van der Waals surface area contributed by atoms with Crippen molar-refractivity contribution in [3.05, 3.63) is 35.7 Å². The van der Waals surface area contributed by atoms with Gasteiger partial charge in [-0.15, -0.1) is 0 Å². The van der Waals surface area contributed by atoms with Gasteiger partial charge in [0.1, 0.15) is 0 Å². The van der Waals surface area contributed by atoms with Gasteiger partial charge >= 0.3 is 0 Å². The van der Waals surface area contributed by atoms with Crippen LogP contribution in [0.3, 0.4) is 0 Å². The first-order valence-electron chi connectivity index (χ1n) is 9.07. The van der Waals surface area contributed by atoms with E-state index in [9.17, 15) is 0 Å².